The standard InChI is InChI=1S/C6H6N2O.ClH/c7-8-5-3-1-2-4-6(5)9;/h1-4,6,9H;1H. The summed E-state index contributed by atoms with van der Waals surface area (Å²) in [4.78, 5) is 2.86. The second kappa shape index (κ2) is 4.01. The van der Waals surface area contributed by atoms with Crippen LogP contribution in [0.25, 0.3) is 5.53 Å². The summed E-state index contributed by atoms with van der Waals surface area (Å²) in [6, 6.07) is 0. The fourth-order valence-corrected chi connectivity index (χ4v) is 0.613. The summed E-state index contributed by atoms with van der Waals surface area (Å²) < 4.78 is 0. The van der Waals surface area contributed by atoms with Gasteiger partial charge >= 0.3 is 5.71 Å². The zero-order valence-electron chi connectivity index (χ0n) is 5.14. The number of hydrogen-bond donors (Lipinski definition) is 1. The van der Waals surface area contributed by atoms with Crippen LogP contribution in [-0.2, 0) is 0 Å². The first-order valence-electron chi connectivity index (χ1n) is 2.59. The van der Waals surface area contributed by atoms with Crippen molar-refractivity contribution < 1.29 is 9.90 Å². The van der Waals surface area contributed by atoms with Gasteiger partial charge in [-0.2, -0.15) is 4.79 Å². The summed E-state index contributed by atoms with van der Waals surface area (Å²) in [5.41, 5.74) is 8.48. The Labute approximate surface area is 64.7 Å². The van der Waals surface area contributed by atoms with E-state index in [0.717, 1.165) is 0 Å². The normalized spacial score (nSPS) is 21.7. The number of aliphatic hydroxyl groups is 1. The number of rotatable bonds is 0. The lowest BCUT2D eigenvalue weighted by Gasteiger charge is -1.97. The van der Waals surface area contributed by atoms with E-state index in [1.807, 2.05) is 0 Å². The van der Waals surface area contributed by atoms with E-state index >= 15 is 0 Å². The first kappa shape index (κ1) is 9.11. The molecule has 1 unspecified atom stereocenters. The van der Waals surface area contributed by atoms with Crippen molar-refractivity contribution in [3.63, 3.8) is 0 Å². The first-order valence-corrected chi connectivity index (χ1v) is 2.59. The van der Waals surface area contributed by atoms with Gasteiger partial charge < -0.3 is 10.6 Å². The molecular weight excluding hydrogens is 152 g/mol. The molecule has 54 valence electrons. The third-order valence-electron chi connectivity index (χ3n) is 1.09. The van der Waals surface area contributed by atoms with Gasteiger partial charge in [-0.3, -0.25) is 0 Å². The minimum Gasteiger partial charge on any atom is -0.377 e. The van der Waals surface area contributed by atoms with Gasteiger partial charge in [0.1, 0.15) is 0 Å². The summed E-state index contributed by atoms with van der Waals surface area (Å²) in [7, 11) is 0. The summed E-state index contributed by atoms with van der Waals surface area (Å²) in [6.07, 6.45) is 5.72. The number of allylic oxidation sites excluding steroid dienone is 2. The molecule has 1 rings (SSSR count). The SMILES string of the molecule is Cl.[N-]=[N+]=C1C=CC=CC1O. The van der Waals surface area contributed by atoms with E-state index in [4.69, 9.17) is 10.6 Å². The summed E-state index contributed by atoms with van der Waals surface area (Å²) >= 11 is 0. The fraction of sp³-hybridized carbons (Fsp3) is 0.167. The Kier molecular flexibility index (Phi) is 3.65. The molecular formula is C6H7ClN2O. The molecule has 0 aliphatic heterocycles. The molecule has 1 aliphatic carbocycles. The number of aliphatic hydroxyl groups excluding tert-OH is 1. The Morgan fingerprint density at radius 2 is 2.20 bits per heavy atom. The van der Waals surface area contributed by atoms with Crippen molar-refractivity contribution in [2.24, 2.45) is 0 Å². The maximum Gasteiger partial charge on any atom is 0.324 e. The highest BCUT2D eigenvalue weighted by molar-refractivity contribution is 5.96. The Morgan fingerprint density at radius 3 is 2.60 bits per heavy atom. The van der Waals surface area contributed by atoms with E-state index < -0.39 is 6.10 Å². The van der Waals surface area contributed by atoms with Crippen LogP contribution in [0, 0.1) is 0 Å². The second-order valence-electron chi connectivity index (χ2n) is 1.71. The molecule has 0 radical (unpaired) electrons. The molecule has 0 saturated heterocycles. The van der Waals surface area contributed by atoms with E-state index in [-0.39, 0.29) is 18.1 Å². The Balaban J connectivity index is 0.000000810. The molecule has 0 bridgehead atoms. The van der Waals surface area contributed by atoms with Gasteiger partial charge in [0.15, 0.2) is 6.10 Å². The molecule has 0 saturated carbocycles. The fourth-order valence-electron chi connectivity index (χ4n) is 0.613. The van der Waals surface area contributed by atoms with Crippen molar-refractivity contribution in [3.8, 4) is 0 Å². The van der Waals surface area contributed by atoms with Crippen LogP contribution in [0.2, 0.25) is 0 Å². The zero-order valence-corrected chi connectivity index (χ0v) is 5.95. The van der Waals surface area contributed by atoms with Crippen molar-refractivity contribution >= 4 is 18.1 Å². The van der Waals surface area contributed by atoms with Crippen LogP contribution in [0.15, 0.2) is 24.3 Å². The van der Waals surface area contributed by atoms with Crippen LogP contribution in [-0.4, -0.2) is 21.7 Å². The van der Waals surface area contributed by atoms with E-state index in [1.165, 1.54) is 6.08 Å². The number of nitrogens with zero attached hydrogens (tertiary/aromatic N) is 2. The van der Waals surface area contributed by atoms with Gasteiger partial charge in [-0.15, -0.1) is 12.4 Å². The summed E-state index contributed by atoms with van der Waals surface area (Å²) in [6.45, 7) is 0. The maximum absolute atomic E-state index is 8.94. The van der Waals surface area contributed by atoms with Gasteiger partial charge in [0, 0.05) is 6.08 Å². The lowest BCUT2D eigenvalue weighted by atomic mass is 10.1. The smallest absolute Gasteiger partial charge is 0.324 e. The molecule has 3 nitrogen and oxygen atoms in total. The van der Waals surface area contributed by atoms with E-state index in [1.54, 1.807) is 18.2 Å². The van der Waals surface area contributed by atoms with Gasteiger partial charge in [-0.1, -0.05) is 12.2 Å². The van der Waals surface area contributed by atoms with Crippen LogP contribution >= 0.6 is 12.4 Å². The van der Waals surface area contributed by atoms with Gasteiger partial charge in [0.05, 0.1) is 0 Å². The molecule has 10 heavy (non-hydrogen) atoms. The molecule has 1 N–H and O–H groups in total. The Morgan fingerprint density at radius 1 is 1.50 bits per heavy atom. The monoisotopic (exact) mass is 158 g/mol. The van der Waals surface area contributed by atoms with Crippen LogP contribution < -0.4 is 0 Å². The summed E-state index contributed by atoms with van der Waals surface area (Å²) in [5.74, 6) is 0. The molecule has 0 spiro atoms. The van der Waals surface area contributed by atoms with Crippen molar-refractivity contribution in [1.82, 2.24) is 0 Å². The molecule has 0 fully saturated rings. The van der Waals surface area contributed by atoms with Crippen molar-refractivity contribution in [3.05, 3.63) is 29.8 Å². The van der Waals surface area contributed by atoms with Crippen molar-refractivity contribution in [1.29, 1.82) is 0 Å². The quantitative estimate of drug-likeness (QED) is 0.407. The van der Waals surface area contributed by atoms with Gasteiger partial charge in [0.2, 0.25) is 0 Å². The van der Waals surface area contributed by atoms with Crippen molar-refractivity contribution in [2.45, 2.75) is 6.10 Å². The molecule has 4 heteroatoms. The van der Waals surface area contributed by atoms with Crippen LogP contribution in [0.1, 0.15) is 0 Å². The Bertz CT molecular complexity index is 216. The highest BCUT2D eigenvalue weighted by atomic mass is 35.5. The highest BCUT2D eigenvalue weighted by Crippen LogP contribution is 1.96. The average molecular weight is 159 g/mol. The van der Waals surface area contributed by atoms with Gasteiger partial charge in [-0.05, 0) is 6.08 Å². The number of halogens is 1. The number of hydrogen-bond acceptors (Lipinski definition) is 1. The largest absolute Gasteiger partial charge is 0.377 e. The van der Waals surface area contributed by atoms with Crippen LogP contribution in [0.4, 0.5) is 0 Å². The maximum atomic E-state index is 8.94. The first-order chi connectivity index (χ1) is 4.34. The second-order valence-corrected chi connectivity index (χ2v) is 1.71. The van der Waals surface area contributed by atoms with Crippen molar-refractivity contribution in [2.75, 3.05) is 0 Å². The van der Waals surface area contributed by atoms with Gasteiger partial charge in [0.25, 0.3) is 0 Å². The average Bonchev–Trinajstić information content (AvgIpc) is 1.89. The zero-order chi connectivity index (χ0) is 6.69. The lowest BCUT2D eigenvalue weighted by molar-refractivity contribution is -0.0151. The predicted molar refractivity (Wildman–Crippen MR) is 40.2 cm³/mol. The van der Waals surface area contributed by atoms with E-state index in [9.17, 15) is 0 Å². The molecule has 0 heterocycles. The molecule has 0 aromatic heterocycles. The Hall–Kier alpha value is -0.890. The minimum absolute atomic E-state index is 0. The van der Waals surface area contributed by atoms with Crippen LogP contribution in [0.3, 0.4) is 0 Å². The summed E-state index contributed by atoms with van der Waals surface area (Å²) in [5, 5.41) is 8.94. The third-order valence-corrected chi connectivity index (χ3v) is 1.09. The molecule has 0 aromatic rings. The van der Waals surface area contributed by atoms with Crippen LogP contribution in [0.5, 0.6) is 0 Å². The minimum atomic E-state index is -0.750. The molecule has 1 atom stereocenters. The van der Waals surface area contributed by atoms with E-state index in [0.29, 0.717) is 0 Å². The topological polar surface area (TPSA) is 56.6 Å². The third kappa shape index (κ3) is 1.81. The highest BCUT2D eigenvalue weighted by Gasteiger charge is 2.15. The predicted octanol–water partition coefficient (Wildman–Crippen LogP) is 0.566. The van der Waals surface area contributed by atoms with Gasteiger partial charge in [-0.25, -0.2) is 0 Å². The molecule has 0 aromatic carbocycles. The lowest BCUT2D eigenvalue weighted by Crippen LogP contribution is -2.17. The van der Waals surface area contributed by atoms with E-state index in [2.05, 4.69) is 4.79 Å². The molecule has 1 aliphatic rings. The molecule has 0 amide bonds.